The summed E-state index contributed by atoms with van der Waals surface area (Å²) >= 11 is 1.39. The van der Waals surface area contributed by atoms with E-state index in [1.807, 2.05) is 30.3 Å². The monoisotopic (exact) mass is 391 g/mol. The largest absolute Gasteiger partial charge is 0.302 e. The molecule has 0 spiro atoms. The number of nitrogens with zero attached hydrogens (tertiary/aromatic N) is 2. The molecule has 2 heterocycles. The number of fused-ring (bicyclic) bond motifs is 1. The summed E-state index contributed by atoms with van der Waals surface area (Å²) in [5.74, 6) is 0.155. The first-order valence-corrected chi connectivity index (χ1v) is 11.2. The Morgan fingerprint density at radius 2 is 2.04 bits per heavy atom. The molecule has 1 aromatic heterocycles. The Bertz CT molecular complexity index is 905. The molecule has 1 amide bonds. The van der Waals surface area contributed by atoms with Crippen molar-refractivity contribution < 1.29 is 13.2 Å². The predicted molar refractivity (Wildman–Crippen MR) is 101 cm³/mol. The Hall–Kier alpha value is -1.77. The van der Waals surface area contributed by atoms with Gasteiger partial charge >= 0.3 is 0 Å². The van der Waals surface area contributed by atoms with Gasteiger partial charge in [0.15, 0.2) is 5.13 Å². The fraction of sp³-hybridized carbons (Fsp3) is 0.444. The second-order valence-corrected chi connectivity index (χ2v) is 9.88. The molecule has 138 valence electrons. The summed E-state index contributed by atoms with van der Waals surface area (Å²) < 4.78 is 27.0. The van der Waals surface area contributed by atoms with Gasteiger partial charge in [-0.15, -0.1) is 11.3 Å². The van der Waals surface area contributed by atoms with E-state index in [2.05, 4.69) is 10.3 Å². The van der Waals surface area contributed by atoms with Gasteiger partial charge in [0.25, 0.3) is 0 Å². The van der Waals surface area contributed by atoms with Crippen molar-refractivity contribution in [2.24, 2.45) is 5.92 Å². The topological polar surface area (TPSA) is 79.4 Å². The molecular formula is C18H21N3O3S2. The van der Waals surface area contributed by atoms with Crippen molar-refractivity contribution in [3.63, 3.8) is 0 Å². The lowest BCUT2D eigenvalue weighted by Gasteiger charge is -2.25. The van der Waals surface area contributed by atoms with Gasteiger partial charge in [0, 0.05) is 30.3 Å². The van der Waals surface area contributed by atoms with Gasteiger partial charge in [0.05, 0.1) is 11.4 Å². The number of benzene rings is 1. The van der Waals surface area contributed by atoms with E-state index in [4.69, 9.17) is 0 Å². The zero-order chi connectivity index (χ0) is 18.1. The van der Waals surface area contributed by atoms with Crippen molar-refractivity contribution in [2.75, 3.05) is 11.9 Å². The molecule has 1 aromatic carbocycles. The number of nitrogens with one attached hydrogen (secondary N) is 1. The molecule has 8 heteroatoms. The highest BCUT2D eigenvalue weighted by atomic mass is 32.2. The molecule has 1 aliphatic carbocycles. The first-order valence-electron chi connectivity index (χ1n) is 8.82. The second-order valence-electron chi connectivity index (χ2n) is 6.83. The highest BCUT2D eigenvalue weighted by Gasteiger charge is 2.30. The van der Waals surface area contributed by atoms with Crippen LogP contribution in [0.25, 0.3) is 0 Å². The Morgan fingerprint density at radius 3 is 2.73 bits per heavy atom. The molecule has 0 atom stereocenters. The molecule has 2 aliphatic rings. The number of sulfonamides is 1. The van der Waals surface area contributed by atoms with Gasteiger partial charge in [0.1, 0.15) is 0 Å². The smallest absolute Gasteiger partial charge is 0.229 e. The van der Waals surface area contributed by atoms with Crippen LogP contribution in [-0.4, -0.2) is 30.2 Å². The summed E-state index contributed by atoms with van der Waals surface area (Å²) in [5, 5.41) is 3.49. The van der Waals surface area contributed by atoms with Crippen LogP contribution in [0.15, 0.2) is 30.3 Å². The van der Waals surface area contributed by atoms with E-state index < -0.39 is 10.0 Å². The minimum absolute atomic E-state index is 0.00719. The standard InChI is InChI=1S/C18H21N3O3S2/c22-17(14-7-4-8-14)20-18-19-15-9-10-21(11-16(15)25-18)26(23,24)12-13-5-2-1-3-6-13/h1-3,5-6,14H,4,7-12H2,(H,19,20,22). The lowest BCUT2D eigenvalue weighted by molar-refractivity contribution is -0.122. The van der Waals surface area contributed by atoms with E-state index in [1.54, 1.807) is 0 Å². The van der Waals surface area contributed by atoms with Crippen LogP contribution in [0.4, 0.5) is 5.13 Å². The summed E-state index contributed by atoms with van der Waals surface area (Å²) in [6.45, 7) is 0.767. The predicted octanol–water partition coefficient (Wildman–Crippen LogP) is 2.77. The summed E-state index contributed by atoms with van der Waals surface area (Å²) in [6, 6.07) is 9.22. The molecule has 1 N–H and O–H groups in total. The maximum absolute atomic E-state index is 12.7. The highest BCUT2D eigenvalue weighted by Crippen LogP contribution is 2.32. The number of amides is 1. The lowest BCUT2D eigenvalue weighted by atomic mass is 9.85. The van der Waals surface area contributed by atoms with Crippen molar-refractivity contribution in [3.05, 3.63) is 46.5 Å². The Kier molecular flexibility index (Phi) is 4.81. The second kappa shape index (κ2) is 7.09. The number of hydrogen-bond acceptors (Lipinski definition) is 5. The van der Waals surface area contributed by atoms with Crippen LogP contribution in [0.2, 0.25) is 0 Å². The van der Waals surface area contributed by atoms with Crippen LogP contribution in [-0.2, 0) is 33.5 Å². The fourth-order valence-electron chi connectivity index (χ4n) is 3.22. The normalized spacial score (nSPS) is 18.2. The van der Waals surface area contributed by atoms with Crippen LogP contribution < -0.4 is 5.32 Å². The number of aromatic nitrogens is 1. The minimum Gasteiger partial charge on any atom is -0.302 e. The third kappa shape index (κ3) is 3.67. The van der Waals surface area contributed by atoms with Crippen LogP contribution in [0, 0.1) is 5.92 Å². The average Bonchev–Trinajstić information content (AvgIpc) is 2.94. The number of anilines is 1. The SMILES string of the molecule is O=C(Nc1nc2c(s1)CN(S(=O)(=O)Cc1ccccc1)CC2)C1CCC1. The molecule has 6 nitrogen and oxygen atoms in total. The molecule has 0 saturated heterocycles. The van der Waals surface area contributed by atoms with Crippen molar-refractivity contribution in [2.45, 2.75) is 38.0 Å². The first-order chi connectivity index (χ1) is 12.5. The van der Waals surface area contributed by atoms with Crippen molar-refractivity contribution >= 4 is 32.4 Å². The quantitative estimate of drug-likeness (QED) is 0.850. The van der Waals surface area contributed by atoms with Crippen LogP contribution in [0.5, 0.6) is 0 Å². The number of carbonyl (C=O) groups is 1. The van der Waals surface area contributed by atoms with Crippen molar-refractivity contribution in [1.82, 2.24) is 9.29 Å². The highest BCUT2D eigenvalue weighted by molar-refractivity contribution is 7.88. The molecule has 4 rings (SSSR count). The van der Waals surface area contributed by atoms with Gasteiger partial charge in [0.2, 0.25) is 15.9 Å². The number of hydrogen-bond donors (Lipinski definition) is 1. The van der Waals surface area contributed by atoms with Gasteiger partial charge in [-0.05, 0) is 18.4 Å². The number of carbonyl (C=O) groups excluding carboxylic acids is 1. The lowest BCUT2D eigenvalue weighted by Crippen LogP contribution is -2.36. The Morgan fingerprint density at radius 1 is 1.27 bits per heavy atom. The van der Waals surface area contributed by atoms with E-state index in [9.17, 15) is 13.2 Å². The van der Waals surface area contributed by atoms with E-state index in [1.165, 1.54) is 15.6 Å². The van der Waals surface area contributed by atoms with Crippen LogP contribution in [0.3, 0.4) is 0 Å². The summed E-state index contributed by atoms with van der Waals surface area (Å²) in [6.07, 6.45) is 3.59. The van der Waals surface area contributed by atoms with Gasteiger partial charge in [-0.3, -0.25) is 4.79 Å². The van der Waals surface area contributed by atoms with E-state index in [0.717, 1.165) is 35.4 Å². The third-order valence-corrected chi connectivity index (χ3v) is 7.78. The van der Waals surface area contributed by atoms with E-state index in [0.29, 0.717) is 24.6 Å². The zero-order valence-corrected chi connectivity index (χ0v) is 16.0. The average molecular weight is 392 g/mol. The minimum atomic E-state index is -3.38. The Labute approximate surface area is 157 Å². The zero-order valence-electron chi connectivity index (χ0n) is 14.3. The molecule has 1 fully saturated rings. The molecule has 0 radical (unpaired) electrons. The maximum Gasteiger partial charge on any atom is 0.229 e. The van der Waals surface area contributed by atoms with Crippen LogP contribution in [0.1, 0.15) is 35.4 Å². The van der Waals surface area contributed by atoms with E-state index in [-0.39, 0.29) is 17.6 Å². The molecule has 0 bridgehead atoms. The number of rotatable bonds is 5. The molecule has 0 unspecified atom stereocenters. The molecule has 26 heavy (non-hydrogen) atoms. The molecular weight excluding hydrogens is 370 g/mol. The van der Waals surface area contributed by atoms with Gasteiger partial charge in [-0.25, -0.2) is 13.4 Å². The summed E-state index contributed by atoms with van der Waals surface area (Å²) in [4.78, 5) is 17.5. The fourth-order valence-corrected chi connectivity index (χ4v) is 5.82. The Balaban J connectivity index is 1.44. The van der Waals surface area contributed by atoms with Crippen LogP contribution >= 0.6 is 11.3 Å². The third-order valence-electron chi connectivity index (χ3n) is 4.99. The summed E-state index contributed by atoms with van der Waals surface area (Å²) in [7, 11) is -3.38. The van der Waals surface area contributed by atoms with Gasteiger partial charge in [-0.1, -0.05) is 36.8 Å². The van der Waals surface area contributed by atoms with E-state index >= 15 is 0 Å². The van der Waals surface area contributed by atoms with Gasteiger partial charge < -0.3 is 5.32 Å². The van der Waals surface area contributed by atoms with Crippen molar-refractivity contribution in [3.8, 4) is 0 Å². The summed E-state index contributed by atoms with van der Waals surface area (Å²) in [5.41, 5.74) is 1.70. The number of thiazole rings is 1. The molecule has 1 aliphatic heterocycles. The van der Waals surface area contributed by atoms with Gasteiger partial charge in [-0.2, -0.15) is 4.31 Å². The molecule has 1 saturated carbocycles. The first kappa shape index (κ1) is 17.6. The molecule has 2 aromatic rings. The van der Waals surface area contributed by atoms with Crippen molar-refractivity contribution in [1.29, 1.82) is 0 Å². The maximum atomic E-state index is 12.7.